The van der Waals surface area contributed by atoms with Crippen molar-refractivity contribution in [2.75, 3.05) is 19.7 Å². The number of nitrogens with two attached hydrogens (primary N) is 5. The maximum atomic E-state index is 14.0. The van der Waals surface area contributed by atoms with Crippen molar-refractivity contribution in [3.63, 3.8) is 0 Å². The van der Waals surface area contributed by atoms with Crippen LogP contribution in [-0.4, -0.2) is 160 Å². The minimum Gasteiger partial charge on any atom is -0.481 e. The Balaban J connectivity index is 6.50. The highest BCUT2D eigenvalue weighted by atomic mass is 16.4. The lowest BCUT2D eigenvalue weighted by Gasteiger charge is -2.28. The maximum Gasteiger partial charge on any atom is 0.326 e. The summed E-state index contributed by atoms with van der Waals surface area (Å²) in [6.45, 7) is 6.03. The number of hydrogen-bond donors (Lipinski definition) is 16. The van der Waals surface area contributed by atoms with Gasteiger partial charge in [0, 0.05) is 19.4 Å². The van der Waals surface area contributed by atoms with E-state index in [2.05, 4.69) is 42.2 Å². The molecule has 8 atom stereocenters. The van der Waals surface area contributed by atoms with Gasteiger partial charge in [0.05, 0.1) is 19.1 Å². The van der Waals surface area contributed by atoms with Crippen LogP contribution in [-0.2, 0) is 52.7 Å². The minimum atomic E-state index is -1.79. The quantitative estimate of drug-likeness (QED) is 0.0158. The number of rotatable bonds is 36. The van der Waals surface area contributed by atoms with Crippen molar-refractivity contribution >= 4 is 71.1 Å². The fourth-order valence-electron chi connectivity index (χ4n) is 6.39. The van der Waals surface area contributed by atoms with Crippen LogP contribution in [0.2, 0.25) is 0 Å². The second-order valence-electron chi connectivity index (χ2n) is 17.1. The molecule has 0 unspecified atom stereocenters. The maximum absolute atomic E-state index is 14.0. The Bertz CT molecular complexity index is 1800. The van der Waals surface area contributed by atoms with Crippen molar-refractivity contribution in [2.24, 2.45) is 45.5 Å². The number of aliphatic imine (C=N–C) groups is 1. The first-order valence-corrected chi connectivity index (χ1v) is 22.4. The van der Waals surface area contributed by atoms with Crippen LogP contribution < -0.4 is 65.9 Å². The Morgan fingerprint density at radius 1 is 0.493 bits per heavy atom. The van der Waals surface area contributed by atoms with E-state index in [0.29, 0.717) is 6.42 Å². The van der Waals surface area contributed by atoms with E-state index in [0.717, 1.165) is 0 Å². The summed E-state index contributed by atoms with van der Waals surface area (Å²) in [5.41, 5.74) is 27.4. The molecule has 8 amide bonds. The average molecular weight is 988 g/mol. The van der Waals surface area contributed by atoms with Crippen LogP contribution >= 0.6 is 0 Å². The minimum absolute atomic E-state index is 0.000511. The predicted molar refractivity (Wildman–Crippen MR) is 245 cm³/mol. The van der Waals surface area contributed by atoms with E-state index in [4.69, 9.17) is 28.7 Å². The van der Waals surface area contributed by atoms with Gasteiger partial charge in [-0.05, 0) is 76.2 Å². The van der Waals surface area contributed by atoms with Gasteiger partial charge in [0.15, 0.2) is 5.96 Å². The summed E-state index contributed by atoms with van der Waals surface area (Å²) in [6, 6.07) is -12.4. The Labute approximate surface area is 399 Å². The highest BCUT2D eigenvalue weighted by Gasteiger charge is 2.35. The van der Waals surface area contributed by atoms with Gasteiger partial charge in [0.2, 0.25) is 47.3 Å². The Kier molecular flexibility index (Phi) is 29.7. The number of nitrogens with one attached hydrogen (secondary N) is 7. The second-order valence-corrected chi connectivity index (χ2v) is 17.1. The molecule has 0 aromatic rings. The Hall–Kier alpha value is -6.68. The number of nitrogens with zero attached hydrogens (tertiary/aromatic N) is 1. The largest absolute Gasteiger partial charge is 0.481 e. The molecule has 0 heterocycles. The van der Waals surface area contributed by atoms with E-state index in [-0.39, 0.29) is 69.4 Å². The fourth-order valence-corrected chi connectivity index (χ4v) is 6.39. The number of aliphatic hydroxyl groups excluding tert-OH is 1. The monoisotopic (exact) mass is 988 g/mol. The molecule has 28 heteroatoms. The van der Waals surface area contributed by atoms with Gasteiger partial charge < -0.3 is 86.3 Å². The third kappa shape index (κ3) is 27.0. The number of carboxylic acids is 3. The zero-order valence-corrected chi connectivity index (χ0v) is 39.5. The first-order chi connectivity index (χ1) is 32.2. The number of carboxylic acid groups (broad SMARTS) is 3. The highest BCUT2D eigenvalue weighted by molar-refractivity contribution is 5.98. The van der Waals surface area contributed by atoms with Crippen LogP contribution in [0.1, 0.15) is 105 Å². The topological polar surface area (TPSA) is 495 Å². The molecule has 28 nitrogen and oxygen atoms in total. The van der Waals surface area contributed by atoms with Gasteiger partial charge in [-0.1, -0.05) is 27.7 Å². The molecule has 0 aliphatic heterocycles. The third-order valence-electron chi connectivity index (χ3n) is 9.97. The Morgan fingerprint density at radius 3 is 1.36 bits per heavy atom. The summed E-state index contributed by atoms with van der Waals surface area (Å²) in [7, 11) is 0. The molecule has 0 aromatic carbocycles. The van der Waals surface area contributed by atoms with Crippen molar-refractivity contribution < 1.29 is 73.2 Å². The molecule has 0 saturated heterocycles. The van der Waals surface area contributed by atoms with E-state index < -0.39 is 152 Å². The normalized spacial score (nSPS) is 14.5. The third-order valence-corrected chi connectivity index (χ3v) is 9.97. The van der Waals surface area contributed by atoms with Crippen LogP contribution in [0, 0.1) is 11.8 Å². The summed E-state index contributed by atoms with van der Waals surface area (Å²) in [5.74, 6) is -13.1. The molecule has 0 aliphatic rings. The van der Waals surface area contributed by atoms with E-state index in [1.165, 1.54) is 0 Å². The summed E-state index contributed by atoms with van der Waals surface area (Å²) in [5, 5.41) is 54.8. The van der Waals surface area contributed by atoms with E-state index >= 15 is 0 Å². The molecule has 0 aliphatic carbocycles. The molecule has 21 N–H and O–H groups in total. The number of carbonyl (C=O) groups excluding carboxylic acids is 8. The van der Waals surface area contributed by atoms with Crippen molar-refractivity contribution in [2.45, 2.75) is 153 Å². The summed E-state index contributed by atoms with van der Waals surface area (Å²) < 4.78 is 0. The van der Waals surface area contributed by atoms with Gasteiger partial charge in [-0.15, -0.1) is 0 Å². The smallest absolute Gasteiger partial charge is 0.326 e. The number of guanidine groups is 1. The van der Waals surface area contributed by atoms with Crippen molar-refractivity contribution in [3.8, 4) is 0 Å². The van der Waals surface area contributed by atoms with Gasteiger partial charge in [0.25, 0.3) is 0 Å². The van der Waals surface area contributed by atoms with Crippen LogP contribution in [0.5, 0.6) is 0 Å². The van der Waals surface area contributed by atoms with Crippen molar-refractivity contribution in [1.82, 2.24) is 37.2 Å². The molecule has 0 fully saturated rings. The van der Waals surface area contributed by atoms with Crippen molar-refractivity contribution in [1.29, 1.82) is 0 Å². The SMILES string of the molecule is CC(C)C[C@H](NC(=O)[C@H](CCC(=O)O)NC(=O)[C@H](CO)NC(=O)[C@H](CC(C)C)NC(=O)[C@H](CCCCN)NC(=O)[C@H](CCC(N)=O)NC(=O)[C@H](CC(=O)O)NC(=O)[C@@H](N)CCCN=C(N)N)C(=O)O. The average Bonchev–Trinajstić information content (AvgIpc) is 3.24. The molecule has 0 spiro atoms. The number of hydrogen-bond acceptors (Lipinski definition) is 15. The number of carbonyl (C=O) groups is 11. The highest BCUT2D eigenvalue weighted by Crippen LogP contribution is 2.11. The molecule has 0 rings (SSSR count). The fraction of sp³-hybridized carbons (Fsp3) is 0.707. The molecule has 0 radical (unpaired) electrons. The van der Waals surface area contributed by atoms with Gasteiger partial charge >= 0.3 is 17.9 Å². The summed E-state index contributed by atoms with van der Waals surface area (Å²) in [4.78, 5) is 145. The lowest BCUT2D eigenvalue weighted by atomic mass is 10.0. The number of primary amides is 1. The lowest BCUT2D eigenvalue weighted by molar-refractivity contribution is -0.143. The van der Waals surface area contributed by atoms with Crippen LogP contribution in [0.3, 0.4) is 0 Å². The molecular formula is C41H73N13O15. The van der Waals surface area contributed by atoms with E-state index in [1.54, 1.807) is 27.7 Å². The van der Waals surface area contributed by atoms with E-state index in [9.17, 15) is 73.2 Å². The predicted octanol–water partition coefficient (Wildman–Crippen LogP) is -5.34. The van der Waals surface area contributed by atoms with Gasteiger partial charge in [0.1, 0.15) is 42.3 Å². The lowest BCUT2D eigenvalue weighted by Crippen LogP contribution is -2.61. The number of amides is 8. The second kappa shape index (κ2) is 32.9. The summed E-state index contributed by atoms with van der Waals surface area (Å²) in [6.07, 6.45) is -2.33. The summed E-state index contributed by atoms with van der Waals surface area (Å²) >= 11 is 0. The Morgan fingerprint density at radius 2 is 0.913 bits per heavy atom. The first kappa shape index (κ1) is 62.3. The van der Waals surface area contributed by atoms with E-state index in [1.807, 2.05) is 0 Å². The van der Waals surface area contributed by atoms with Crippen LogP contribution in [0.25, 0.3) is 0 Å². The van der Waals surface area contributed by atoms with Crippen LogP contribution in [0.15, 0.2) is 4.99 Å². The molecular weight excluding hydrogens is 915 g/mol. The molecule has 69 heavy (non-hydrogen) atoms. The van der Waals surface area contributed by atoms with Crippen molar-refractivity contribution in [3.05, 3.63) is 0 Å². The first-order valence-electron chi connectivity index (χ1n) is 22.4. The zero-order valence-electron chi connectivity index (χ0n) is 39.5. The van der Waals surface area contributed by atoms with Gasteiger partial charge in [-0.2, -0.15) is 0 Å². The molecule has 0 aromatic heterocycles. The number of unbranched alkanes of at least 4 members (excludes halogenated alkanes) is 1. The molecule has 0 saturated carbocycles. The standard InChI is InChI=1S/C41H73N13O15/c1-20(2)16-26(37(65)54-29(19-55)39(67)50-25(11-13-31(57)58)36(64)53-28(40(68)69)17-21(3)4)52-34(62)23(9-5-6-14-42)48-35(63)24(10-12-30(44)56)49-38(66)27(18-32(59)60)51-33(61)22(43)8-7-15-47-41(45)46/h20-29,55H,5-19,42-43H2,1-4H3,(H2,44,56)(H,48,63)(H,49,66)(H,50,67)(H,51,61)(H,52,62)(H,53,64)(H,54,65)(H,57,58)(H,59,60)(H,68,69)(H4,45,46,47)/t22-,23-,24-,25-,26-,27-,28-,29-/m0/s1. The van der Waals surface area contributed by atoms with Gasteiger partial charge in [-0.25, -0.2) is 4.79 Å². The van der Waals surface area contributed by atoms with Gasteiger partial charge in [-0.3, -0.25) is 52.9 Å². The molecule has 0 bridgehead atoms. The number of aliphatic carboxylic acids is 3. The molecule has 392 valence electrons. The van der Waals surface area contributed by atoms with Crippen LogP contribution in [0.4, 0.5) is 0 Å². The number of aliphatic hydroxyl groups is 1. The zero-order chi connectivity index (χ0) is 53.0.